The number of hydrogen-bond donors (Lipinski definition) is 2. The Kier molecular flexibility index (Phi) is 4.58. The van der Waals surface area contributed by atoms with Crippen LogP contribution in [0.5, 0.6) is 0 Å². The Morgan fingerprint density at radius 3 is 2.60 bits per heavy atom. The summed E-state index contributed by atoms with van der Waals surface area (Å²) in [4.78, 5) is 7.82. The van der Waals surface area contributed by atoms with Crippen LogP contribution in [0.2, 0.25) is 0 Å². The lowest BCUT2D eigenvalue weighted by Crippen LogP contribution is -2.21. The number of alkyl halides is 3. The molecule has 0 aliphatic heterocycles. The van der Waals surface area contributed by atoms with Gasteiger partial charge in [0.1, 0.15) is 11.6 Å². The molecule has 6 nitrogen and oxygen atoms in total. The van der Waals surface area contributed by atoms with Crippen molar-refractivity contribution >= 4 is 0 Å². The van der Waals surface area contributed by atoms with Gasteiger partial charge in [0.2, 0.25) is 0 Å². The number of rotatable bonds is 5. The van der Waals surface area contributed by atoms with Crippen molar-refractivity contribution in [1.29, 1.82) is 0 Å². The molecule has 132 valence electrons. The van der Waals surface area contributed by atoms with E-state index in [9.17, 15) is 13.2 Å². The van der Waals surface area contributed by atoms with Crippen molar-refractivity contribution in [3.63, 3.8) is 0 Å². The molecule has 3 aromatic rings. The number of aryl methyl sites for hydroxylation is 1. The molecule has 2 N–H and O–H groups in total. The van der Waals surface area contributed by atoms with Crippen molar-refractivity contribution in [2.24, 2.45) is 0 Å². The van der Waals surface area contributed by atoms with Crippen LogP contribution in [0.1, 0.15) is 36.1 Å². The number of halogens is 3. The largest absolute Gasteiger partial charge is 0.453 e. The van der Waals surface area contributed by atoms with E-state index in [1.807, 2.05) is 41.8 Å². The van der Waals surface area contributed by atoms with Gasteiger partial charge in [-0.2, -0.15) is 13.2 Å². The Hall–Kier alpha value is -2.68. The lowest BCUT2D eigenvalue weighted by molar-refractivity contribution is -0.144. The van der Waals surface area contributed by atoms with Gasteiger partial charge in [-0.25, -0.2) is 9.97 Å². The molecule has 1 unspecified atom stereocenters. The monoisotopic (exact) mass is 350 g/mol. The van der Waals surface area contributed by atoms with Crippen LogP contribution in [-0.2, 0) is 12.7 Å². The van der Waals surface area contributed by atoms with Crippen LogP contribution in [0, 0.1) is 6.92 Å². The third kappa shape index (κ3) is 3.71. The van der Waals surface area contributed by atoms with Gasteiger partial charge in [0, 0.05) is 12.2 Å². The fourth-order valence-electron chi connectivity index (χ4n) is 2.49. The van der Waals surface area contributed by atoms with Gasteiger partial charge in [-0.15, -0.1) is 5.10 Å². The summed E-state index contributed by atoms with van der Waals surface area (Å²) < 4.78 is 39.7. The van der Waals surface area contributed by atoms with Crippen molar-refractivity contribution < 1.29 is 13.2 Å². The molecule has 0 saturated carbocycles. The molecule has 0 aliphatic carbocycles. The zero-order valence-electron chi connectivity index (χ0n) is 13.7. The van der Waals surface area contributed by atoms with E-state index in [0.717, 1.165) is 17.2 Å². The second-order valence-corrected chi connectivity index (χ2v) is 5.61. The van der Waals surface area contributed by atoms with Crippen molar-refractivity contribution in [2.75, 3.05) is 0 Å². The summed E-state index contributed by atoms with van der Waals surface area (Å²) in [7, 11) is 0. The maximum atomic E-state index is 12.6. The van der Waals surface area contributed by atoms with Gasteiger partial charge in [0.15, 0.2) is 0 Å². The summed E-state index contributed by atoms with van der Waals surface area (Å²) in [6.07, 6.45) is -2.82. The molecule has 0 saturated heterocycles. The summed E-state index contributed by atoms with van der Waals surface area (Å²) in [5.74, 6) is -0.203. The molecule has 0 bridgehead atoms. The van der Waals surface area contributed by atoms with E-state index >= 15 is 0 Å². The van der Waals surface area contributed by atoms with Gasteiger partial charge in [-0.1, -0.05) is 18.2 Å². The number of imidazole rings is 1. The van der Waals surface area contributed by atoms with Crippen LogP contribution in [0.25, 0.3) is 5.69 Å². The first-order valence-electron chi connectivity index (χ1n) is 7.68. The lowest BCUT2D eigenvalue weighted by Gasteiger charge is -2.14. The molecule has 1 aromatic carbocycles. The number of benzene rings is 1. The molecule has 0 amide bonds. The standard InChI is InChI=1S/C16H17F3N6/c1-10(14-22-15(24-23-14)16(17,18)19)20-8-13-9-21-11(2)25(13)12-6-4-3-5-7-12/h3-7,9-10,20H,8H2,1-2H3,(H,22,23,24). The molecule has 1 atom stereocenters. The van der Waals surface area contributed by atoms with Gasteiger partial charge in [-0.3, -0.25) is 9.67 Å². The van der Waals surface area contributed by atoms with E-state index in [1.54, 1.807) is 13.1 Å². The second kappa shape index (κ2) is 6.67. The van der Waals surface area contributed by atoms with Crippen LogP contribution >= 0.6 is 0 Å². The highest BCUT2D eigenvalue weighted by molar-refractivity contribution is 5.35. The van der Waals surface area contributed by atoms with Crippen LogP contribution in [0.4, 0.5) is 13.2 Å². The molecule has 2 aromatic heterocycles. The van der Waals surface area contributed by atoms with Gasteiger partial charge >= 0.3 is 6.18 Å². The van der Waals surface area contributed by atoms with Crippen molar-refractivity contribution in [3.05, 3.63) is 59.7 Å². The van der Waals surface area contributed by atoms with Gasteiger partial charge < -0.3 is 5.32 Å². The average molecular weight is 350 g/mol. The highest BCUT2D eigenvalue weighted by Gasteiger charge is 2.36. The van der Waals surface area contributed by atoms with Crippen LogP contribution in [-0.4, -0.2) is 24.7 Å². The number of hydrogen-bond acceptors (Lipinski definition) is 4. The van der Waals surface area contributed by atoms with Crippen molar-refractivity contribution in [1.82, 2.24) is 30.0 Å². The first kappa shape index (κ1) is 17.2. The van der Waals surface area contributed by atoms with E-state index in [0.29, 0.717) is 6.54 Å². The van der Waals surface area contributed by atoms with E-state index in [4.69, 9.17) is 0 Å². The Morgan fingerprint density at radius 1 is 1.24 bits per heavy atom. The fourth-order valence-corrected chi connectivity index (χ4v) is 2.49. The van der Waals surface area contributed by atoms with Crippen molar-refractivity contribution in [3.8, 4) is 5.69 Å². The quantitative estimate of drug-likeness (QED) is 0.741. The van der Waals surface area contributed by atoms with Gasteiger partial charge in [-0.05, 0) is 26.0 Å². The normalized spacial score (nSPS) is 13.2. The summed E-state index contributed by atoms with van der Waals surface area (Å²) in [6, 6.07) is 9.30. The molecule has 9 heteroatoms. The molecule has 0 fully saturated rings. The maximum Gasteiger partial charge on any atom is 0.453 e. The van der Waals surface area contributed by atoms with Gasteiger partial charge in [0.05, 0.1) is 17.9 Å². The average Bonchev–Trinajstić information content (AvgIpc) is 3.20. The molecule has 25 heavy (non-hydrogen) atoms. The molecule has 2 heterocycles. The second-order valence-electron chi connectivity index (χ2n) is 5.61. The molecule has 0 spiro atoms. The smallest absolute Gasteiger partial charge is 0.302 e. The topological polar surface area (TPSA) is 71.4 Å². The maximum absolute atomic E-state index is 12.6. The zero-order valence-corrected chi connectivity index (χ0v) is 13.7. The first-order valence-corrected chi connectivity index (χ1v) is 7.68. The summed E-state index contributed by atoms with van der Waals surface area (Å²) in [6.45, 7) is 4.03. The molecular formula is C16H17F3N6. The molecule has 0 aliphatic rings. The molecule has 3 rings (SSSR count). The predicted octanol–water partition coefficient (Wildman–Crippen LogP) is 3.17. The van der Waals surface area contributed by atoms with E-state index in [1.165, 1.54) is 0 Å². The Labute approximate surface area is 142 Å². The Morgan fingerprint density at radius 2 is 1.96 bits per heavy atom. The Bertz CT molecular complexity index is 837. The van der Waals surface area contributed by atoms with E-state index in [-0.39, 0.29) is 5.82 Å². The predicted molar refractivity (Wildman–Crippen MR) is 84.9 cm³/mol. The lowest BCUT2D eigenvalue weighted by atomic mass is 10.3. The van der Waals surface area contributed by atoms with Crippen LogP contribution in [0.3, 0.4) is 0 Å². The van der Waals surface area contributed by atoms with E-state index < -0.39 is 18.0 Å². The SMILES string of the molecule is Cc1ncc(CNC(C)c2nc(C(F)(F)F)n[nH]2)n1-c1ccccc1. The number of nitrogens with one attached hydrogen (secondary N) is 2. The number of aromatic amines is 1. The third-order valence-corrected chi connectivity index (χ3v) is 3.78. The van der Waals surface area contributed by atoms with E-state index in [2.05, 4.69) is 25.5 Å². The minimum Gasteiger partial charge on any atom is -0.302 e. The Balaban J connectivity index is 1.73. The minimum atomic E-state index is -4.56. The highest BCUT2D eigenvalue weighted by atomic mass is 19.4. The molecular weight excluding hydrogens is 333 g/mol. The van der Waals surface area contributed by atoms with Crippen molar-refractivity contribution in [2.45, 2.75) is 32.6 Å². The third-order valence-electron chi connectivity index (χ3n) is 3.78. The zero-order chi connectivity index (χ0) is 18.0. The number of H-pyrrole nitrogens is 1. The first-order chi connectivity index (χ1) is 11.9. The fraction of sp³-hybridized carbons (Fsp3) is 0.312. The number of para-hydroxylation sites is 1. The van der Waals surface area contributed by atoms with Crippen LogP contribution in [0.15, 0.2) is 36.5 Å². The summed E-state index contributed by atoms with van der Waals surface area (Å²) >= 11 is 0. The summed E-state index contributed by atoms with van der Waals surface area (Å²) in [5, 5.41) is 8.69. The number of nitrogens with zero attached hydrogens (tertiary/aromatic N) is 4. The van der Waals surface area contributed by atoms with Crippen LogP contribution < -0.4 is 5.32 Å². The van der Waals surface area contributed by atoms with Gasteiger partial charge in [0.25, 0.3) is 5.82 Å². The minimum absolute atomic E-state index is 0.134. The summed E-state index contributed by atoms with van der Waals surface area (Å²) in [5.41, 5.74) is 1.87. The number of aromatic nitrogens is 5. The molecule has 0 radical (unpaired) electrons. The highest BCUT2D eigenvalue weighted by Crippen LogP contribution is 2.26.